The van der Waals surface area contributed by atoms with Crippen LogP contribution in [0.1, 0.15) is 78.6 Å². The van der Waals surface area contributed by atoms with Gasteiger partial charge in [0.15, 0.2) is 0 Å². The first-order valence-corrected chi connectivity index (χ1v) is 7.45. The zero-order chi connectivity index (χ0) is 13.6. The molecule has 0 N–H and O–H groups in total. The van der Waals surface area contributed by atoms with E-state index >= 15 is 0 Å². The van der Waals surface area contributed by atoms with Crippen molar-refractivity contribution in [1.82, 2.24) is 0 Å². The van der Waals surface area contributed by atoms with E-state index in [1.54, 1.807) is 0 Å². The van der Waals surface area contributed by atoms with Gasteiger partial charge in [0.05, 0.1) is 6.26 Å². The highest BCUT2D eigenvalue weighted by atomic mass is 16.5. The van der Waals surface area contributed by atoms with E-state index in [4.69, 9.17) is 4.74 Å². The van der Waals surface area contributed by atoms with Gasteiger partial charge in [-0.1, -0.05) is 58.8 Å². The third kappa shape index (κ3) is 15.2. The second-order valence-corrected chi connectivity index (χ2v) is 5.43. The van der Waals surface area contributed by atoms with Crippen molar-refractivity contribution in [1.29, 1.82) is 0 Å². The first-order chi connectivity index (χ1) is 8.63. The summed E-state index contributed by atoms with van der Waals surface area (Å²) < 4.78 is 4.71. The van der Waals surface area contributed by atoms with Crippen LogP contribution < -0.4 is 0 Å². The lowest BCUT2D eigenvalue weighted by atomic mass is 10.0. The topological polar surface area (TPSA) is 26.3 Å². The molecular weight excluding hydrogens is 224 g/mol. The Labute approximate surface area is 113 Å². The highest BCUT2D eigenvalue weighted by molar-refractivity contribution is 5.66. The molecule has 0 bridgehead atoms. The van der Waals surface area contributed by atoms with Gasteiger partial charge in [-0.3, -0.25) is 4.79 Å². The molecule has 0 atom stereocenters. The molecular formula is C16H30O2. The molecule has 0 unspecified atom stereocenters. The molecule has 2 heteroatoms. The van der Waals surface area contributed by atoms with Crippen LogP contribution in [-0.4, -0.2) is 5.97 Å². The average molecular weight is 254 g/mol. The van der Waals surface area contributed by atoms with Gasteiger partial charge in [-0.05, 0) is 24.8 Å². The lowest BCUT2D eigenvalue weighted by Gasteiger charge is -2.04. The van der Waals surface area contributed by atoms with Crippen molar-refractivity contribution in [3.05, 3.63) is 12.3 Å². The molecule has 0 spiro atoms. The Kier molecular flexibility index (Phi) is 12.1. The highest BCUT2D eigenvalue weighted by Gasteiger charge is 1.94. The molecule has 0 radical (unpaired) electrons. The van der Waals surface area contributed by atoms with Crippen molar-refractivity contribution in [2.75, 3.05) is 0 Å². The first kappa shape index (κ1) is 17.2. The predicted molar refractivity (Wildman–Crippen MR) is 77.3 cm³/mol. The molecule has 18 heavy (non-hydrogen) atoms. The van der Waals surface area contributed by atoms with Crippen molar-refractivity contribution in [2.24, 2.45) is 5.92 Å². The summed E-state index contributed by atoms with van der Waals surface area (Å²) in [5.74, 6) is 0.613. The summed E-state index contributed by atoms with van der Waals surface area (Å²) in [4.78, 5) is 10.5. The Morgan fingerprint density at radius 2 is 1.56 bits per heavy atom. The van der Waals surface area contributed by atoms with E-state index in [9.17, 15) is 4.79 Å². The van der Waals surface area contributed by atoms with Gasteiger partial charge in [-0.15, -0.1) is 0 Å². The van der Waals surface area contributed by atoms with Crippen LogP contribution in [0.2, 0.25) is 0 Å². The van der Waals surface area contributed by atoms with E-state index in [0.717, 1.165) is 12.3 Å². The molecule has 0 aromatic rings. The smallest absolute Gasteiger partial charge is 0.307 e. The Bertz CT molecular complexity index is 219. The van der Waals surface area contributed by atoms with Gasteiger partial charge in [0, 0.05) is 6.92 Å². The summed E-state index contributed by atoms with van der Waals surface area (Å²) >= 11 is 0. The fourth-order valence-corrected chi connectivity index (χ4v) is 1.91. The lowest BCUT2D eigenvalue weighted by molar-refractivity contribution is -0.135. The number of hydrogen-bond acceptors (Lipinski definition) is 2. The number of carbonyl (C=O) groups is 1. The van der Waals surface area contributed by atoms with Gasteiger partial charge in [0.1, 0.15) is 0 Å². The number of esters is 1. The molecule has 0 aliphatic carbocycles. The Morgan fingerprint density at radius 1 is 1.00 bits per heavy atom. The summed E-state index contributed by atoms with van der Waals surface area (Å²) in [6.45, 7) is 6.01. The number of unbranched alkanes of at least 4 members (excludes halogenated alkanes) is 7. The average Bonchev–Trinajstić information content (AvgIpc) is 2.29. The van der Waals surface area contributed by atoms with Crippen LogP contribution in [0.5, 0.6) is 0 Å². The molecule has 106 valence electrons. The maximum Gasteiger partial charge on any atom is 0.307 e. The monoisotopic (exact) mass is 254 g/mol. The van der Waals surface area contributed by atoms with Gasteiger partial charge >= 0.3 is 5.97 Å². The molecule has 0 rings (SSSR count). The number of ether oxygens (including phenoxy) is 1. The zero-order valence-electron chi connectivity index (χ0n) is 12.4. The van der Waals surface area contributed by atoms with Crippen molar-refractivity contribution in [3.63, 3.8) is 0 Å². The van der Waals surface area contributed by atoms with Crippen LogP contribution in [-0.2, 0) is 9.53 Å². The van der Waals surface area contributed by atoms with Crippen LogP contribution in [0.3, 0.4) is 0 Å². The van der Waals surface area contributed by atoms with Crippen LogP contribution in [0.15, 0.2) is 12.3 Å². The van der Waals surface area contributed by atoms with Crippen molar-refractivity contribution >= 4 is 5.97 Å². The van der Waals surface area contributed by atoms with E-state index in [-0.39, 0.29) is 5.97 Å². The third-order valence-corrected chi connectivity index (χ3v) is 2.98. The zero-order valence-corrected chi connectivity index (χ0v) is 12.4. The normalized spacial score (nSPS) is 11.3. The lowest BCUT2D eigenvalue weighted by Crippen LogP contribution is -1.89. The van der Waals surface area contributed by atoms with Gasteiger partial charge in [-0.2, -0.15) is 0 Å². The summed E-state index contributed by atoms with van der Waals surface area (Å²) in [5, 5.41) is 0. The molecule has 0 aliphatic heterocycles. The number of carbonyl (C=O) groups excluding carboxylic acids is 1. The number of hydrogen-bond donors (Lipinski definition) is 0. The molecule has 0 aromatic carbocycles. The quantitative estimate of drug-likeness (QED) is 0.287. The van der Waals surface area contributed by atoms with Crippen molar-refractivity contribution < 1.29 is 9.53 Å². The largest absolute Gasteiger partial charge is 0.435 e. The summed E-state index contributed by atoms with van der Waals surface area (Å²) in [7, 11) is 0. The van der Waals surface area contributed by atoms with Crippen LogP contribution in [0, 0.1) is 5.92 Å². The van der Waals surface area contributed by atoms with Gasteiger partial charge in [0.2, 0.25) is 0 Å². The Balaban J connectivity index is 3.07. The molecule has 0 aliphatic rings. The number of rotatable bonds is 11. The summed E-state index contributed by atoms with van der Waals surface area (Å²) in [5.41, 5.74) is 0. The number of allylic oxidation sites excluding steroid dienone is 1. The molecule has 0 aromatic heterocycles. The van der Waals surface area contributed by atoms with Crippen LogP contribution in [0.4, 0.5) is 0 Å². The molecule has 0 saturated carbocycles. The minimum absolute atomic E-state index is 0.243. The van der Waals surface area contributed by atoms with Crippen molar-refractivity contribution in [3.8, 4) is 0 Å². The maximum absolute atomic E-state index is 10.5. The maximum atomic E-state index is 10.5. The molecule has 0 saturated heterocycles. The second kappa shape index (κ2) is 12.7. The minimum Gasteiger partial charge on any atom is -0.435 e. The van der Waals surface area contributed by atoms with E-state index in [1.807, 2.05) is 6.08 Å². The van der Waals surface area contributed by atoms with Gasteiger partial charge in [0.25, 0.3) is 0 Å². The first-order valence-electron chi connectivity index (χ1n) is 7.45. The van der Waals surface area contributed by atoms with E-state index in [2.05, 4.69) is 13.8 Å². The molecule has 0 fully saturated rings. The van der Waals surface area contributed by atoms with E-state index in [0.29, 0.717) is 0 Å². The highest BCUT2D eigenvalue weighted by Crippen LogP contribution is 2.12. The standard InChI is InChI=1S/C16H30O2/c1-15(2)13-11-9-7-5-4-6-8-10-12-14-18-16(3)17/h12,14-15H,4-11,13H2,1-3H3/b14-12+. The SMILES string of the molecule is CC(=O)O/C=C/CCCCCCCCCC(C)C. The summed E-state index contributed by atoms with van der Waals surface area (Å²) in [6.07, 6.45) is 15.2. The Hall–Kier alpha value is -0.790. The van der Waals surface area contributed by atoms with Crippen molar-refractivity contribution in [2.45, 2.75) is 78.6 Å². The predicted octanol–water partition coefficient (Wildman–Crippen LogP) is 5.23. The molecule has 2 nitrogen and oxygen atoms in total. The Morgan fingerprint density at radius 3 is 2.11 bits per heavy atom. The fraction of sp³-hybridized carbons (Fsp3) is 0.812. The van der Waals surface area contributed by atoms with Gasteiger partial charge < -0.3 is 4.74 Å². The minimum atomic E-state index is -0.243. The van der Waals surface area contributed by atoms with Gasteiger partial charge in [-0.25, -0.2) is 0 Å². The second-order valence-electron chi connectivity index (χ2n) is 5.43. The molecule has 0 heterocycles. The third-order valence-electron chi connectivity index (χ3n) is 2.98. The van der Waals surface area contributed by atoms with E-state index < -0.39 is 0 Å². The summed E-state index contributed by atoms with van der Waals surface area (Å²) in [6, 6.07) is 0. The fourth-order valence-electron chi connectivity index (χ4n) is 1.91. The molecule has 0 amide bonds. The van der Waals surface area contributed by atoms with E-state index in [1.165, 1.54) is 64.6 Å². The van der Waals surface area contributed by atoms with Crippen LogP contribution in [0.25, 0.3) is 0 Å². The van der Waals surface area contributed by atoms with Crippen LogP contribution >= 0.6 is 0 Å².